The molecule has 1 aromatic heterocycles. The number of ketones is 1. The molecule has 2 fully saturated rings. The van der Waals surface area contributed by atoms with Gasteiger partial charge in [0, 0.05) is 25.1 Å². The van der Waals surface area contributed by atoms with E-state index in [9.17, 15) is 27.6 Å². The van der Waals surface area contributed by atoms with E-state index in [1.54, 1.807) is 31.2 Å². The first-order valence-corrected chi connectivity index (χ1v) is 17.5. The van der Waals surface area contributed by atoms with E-state index in [2.05, 4.69) is 0 Å². The van der Waals surface area contributed by atoms with E-state index in [1.165, 1.54) is 14.9 Å². The van der Waals surface area contributed by atoms with E-state index in [0.717, 1.165) is 36.8 Å². The summed E-state index contributed by atoms with van der Waals surface area (Å²) in [7, 11) is -4.15. The fourth-order valence-corrected chi connectivity index (χ4v) is 9.40. The van der Waals surface area contributed by atoms with E-state index in [0.29, 0.717) is 0 Å². The van der Waals surface area contributed by atoms with Crippen molar-refractivity contribution < 1.29 is 32.3 Å². The molecule has 0 radical (unpaired) electrons. The molecule has 240 valence electrons. The van der Waals surface area contributed by atoms with Gasteiger partial charge >= 0.3 is 11.9 Å². The number of piperidine rings is 1. The summed E-state index contributed by atoms with van der Waals surface area (Å²) in [4.78, 5) is 53.8. The summed E-state index contributed by atoms with van der Waals surface area (Å²) in [5.74, 6) is -1.71. The summed E-state index contributed by atoms with van der Waals surface area (Å²) >= 11 is 0. The fraction of sp³-hybridized carbons (Fsp3) is 0.429. The Morgan fingerprint density at radius 2 is 1.67 bits per heavy atom. The van der Waals surface area contributed by atoms with Crippen LogP contribution in [0.25, 0.3) is 11.1 Å². The molecule has 0 bridgehead atoms. The molecule has 0 spiro atoms. The predicted octanol–water partition coefficient (Wildman–Crippen LogP) is 4.58. The number of ether oxygens (including phenoxy) is 2. The molecule has 4 heterocycles. The van der Waals surface area contributed by atoms with Gasteiger partial charge < -0.3 is 14.0 Å². The average Bonchev–Trinajstić information content (AvgIpc) is 3.46. The Kier molecular flexibility index (Phi) is 7.71. The summed E-state index contributed by atoms with van der Waals surface area (Å²) in [6.45, 7) is 1.73. The third-order valence-corrected chi connectivity index (χ3v) is 12.2. The van der Waals surface area contributed by atoms with Crippen molar-refractivity contribution in [2.75, 3.05) is 6.54 Å². The summed E-state index contributed by atoms with van der Waals surface area (Å²) < 4.78 is 42.7. The number of hydrogen-bond donors (Lipinski definition) is 0. The minimum Gasteiger partial charge on any atom is -0.457 e. The van der Waals surface area contributed by atoms with Crippen molar-refractivity contribution in [3.8, 4) is 11.1 Å². The average molecular weight is 645 g/mol. The summed E-state index contributed by atoms with van der Waals surface area (Å²) in [6, 6.07) is 16.5. The van der Waals surface area contributed by atoms with Crippen molar-refractivity contribution >= 4 is 27.7 Å². The Bertz CT molecular complexity index is 1890. The number of carbonyl (C=O) groups is 3. The van der Waals surface area contributed by atoms with E-state index < -0.39 is 39.2 Å². The molecule has 11 heteroatoms. The number of esters is 2. The number of cyclic esters (lactones) is 1. The van der Waals surface area contributed by atoms with Crippen molar-refractivity contribution in [2.45, 2.75) is 81.6 Å². The molecule has 0 N–H and O–H groups in total. The molecular weight excluding hydrogens is 608 g/mol. The van der Waals surface area contributed by atoms with E-state index in [4.69, 9.17) is 9.47 Å². The van der Waals surface area contributed by atoms with Crippen LogP contribution in [0, 0.1) is 11.8 Å². The predicted molar refractivity (Wildman–Crippen MR) is 167 cm³/mol. The van der Waals surface area contributed by atoms with Crippen molar-refractivity contribution in [3.05, 3.63) is 87.8 Å². The van der Waals surface area contributed by atoms with Crippen LogP contribution in [0.15, 0.2) is 70.4 Å². The van der Waals surface area contributed by atoms with Gasteiger partial charge in [-0.25, -0.2) is 13.2 Å². The number of Topliss-reactive ketones (excluding diaryl/α,β-unsaturated/α-hetero) is 1. The van der Waals surface area contributed by atoms with Crippen molar-refractivity contribution in [2.24, 2.45) is 11.8 Å². The van der Waals surface area contributed by atoms with Crippen LogP contribution in [-0.4, -0.2) is 47.6 Å². The van der Waals surface area contributed by atoms with E-state index in [1.807, 2.05) is 30.3 Å². The summed E-state index contributed by atoms with van der Waals surface area (Å²) in [6.07, 6.45) is 4.10. The molecule has 3 aromatic rings. The number of hydrogen-bond acceptors (Lipinski definition) is 8. The number of aromatic nitrogens is 1. The first kappa shape index (κ1) is 30.6. The lowest BCUT2D eigenvalue weighted by Gasteiger charge is -2.45. The minimum atomic E-state index is -4.15. The van der Waals surface area contributed by atoms with Gasteiger partial charge in [-0.2, -0.15) is 4.31 Å². The molecule has 0 amide bonds. The van der Waals surface area contributed by atoms with Crippen molar-refractivity contribution in [1.29, 1.82) is 0 Å². The highest BCUT2D eigenvalue weighted by molar-refractivity contribution is 7.89. The van der Waals surface area contributed by atoms with Crippen LogP contribution in [0.5, 0.6) is 0 Å². The molecule has 3 aliphatic heterocycles. The Morgan fingerprint density at radius 3 is 2.39 bits per heavy atom. The monoisotopic (exact) mass is 644 g/mol. The Morgan fingerprint density at radius 1 is 0.978 bits per heavy atom. The summed E-state index contributed by atoms with van der Waals surface area (Å²) in [5.41, 5.74) is -0.161. The highest BCUT2D eigenvalue weighted by Crippen LogP contribution is 2.43. The maximum absolute atomic E-state index is 14.3. The molecule has 4 atom stereocenters. The zero-order valence-electron chi connectivity index (χ0n) is 25.6. The number of pyridine rings is 1. The molecule has 2 aromatic carbocycles. The molecule has 4 aliphatic rings. The molecule has 10 nitrogen and oxygen atoms in total. The van der Waals surface area contributed by atoms with Gasteiger partial charge in [0.15, 0.2) is 5.78 Å². The zero-order valence-corrected chi connectivity index (χ0v) is 26.5. The lowest BCUT2D eigenvalue weighted by atomic mass is 9.73. The van der Waals surface area contributed by atoms with Crippen molar-refractivity contribution in [1.82, 2.24) is 8.87 Å². The molecule has 1 aliphatic carbocycles. The second-order valence-electron chi connectivity index (χ2n) is 12.8. The standard InChI is InChI=1S/C35H36N2O8S/c1-2-35(28-19-29-31(38)16-17-36(29)32(39)27(28)21-44-34(35)41)45-33(40)30-18-24-10-6-7-11-25(24)20-37(30)46(42,43)26-14-12-23(13-15-26)22-8-4-3-5-9-22/h3-5,8-9,12-15,19,24-25,30H,2,6-7,10-11,16-18,20-21H2,1H3/t24?,25?,30-,35-/m0/s1. The smallest absolute Gasteiger partial charge is 0.355 e. The highest BCUT2D eigenvalue weighted by Gasteiger charge is 2.53. The first-order chi connectivity index (χ1) is 22.1. The van der Waals surface area contributed by atoms with Gasteiger partial charge in [0.25, 0.3) is 5.56 Å². The van der Waals surface area contributed by atoms with Gasteiger partial charge in [0.05, 0.1) is 16.2 Å². The van der Waals surface area contributed by atoms with Gasteiger partial charge in [-0.1, -0.05) is 68.7 Å². The molecule has 46 heavy (non-hydrogen) atoms. The van der Waals surface area contributed by atoms with Crippen LogP contribution in [0.3, 0.4) is 0 Å². The van der Waals surface area contributed by atoms with Crippen LogP contribution in [-0.2, 0) is 47.8 Å². The van der Waals surface area contributed by atoms with Gasteiger partial charge in [-0.15, -0.1) is 0 Å². The van der Waals surface area contributed by atoms with Gasteiger partial charge in [0.2, 0.25) is 15.6 Å². The van der Waals surface area contributed by atoms with Crippen LogP contribution < -0.4 is 5.56 Å². The quantitative estimate of drug-likeness (QED) is 0.357. The van der Waals surface area contributed by atoms with E-state index >= 15 is 0 Å². The second kappa shape index (κ2) is 11.6. The van der Waals surface area contributed by atoms with Crippen LogP contribution >= 0.6 is 0 Å². The number of sulfonamides is 1. The first-order valence-electron chi connectivity index (χ1n) is 16.0. The molecular formula is C35H36N2O8S. The number of carbonyl (C=O) groups excluding carboxylic acids is 3. The third-order valence-electron chi connectivity index (χ3n) is 10.3. The second-order valence-corrected chi connectivity index (χ2v) is 14.6. The van der Waals surface area contributed by atoms with Crippen LogP contribution in [0.1, 0.15) is 73.5 Å². The molecule has 2 unspecified atom stereocenters. The SMILES string of the molecule is CC[C@@]1(OC(=O)[C@@H]2CC3CCCCC3CN2S(=O)(=O)c2ccc(-c3ccccc3)cc2)C(=O)OCc2c1cc1n(c2=O)CCC1=O. The summed E-state index contributed by atoms with van der Waals surface area (Å²) in [5, 5.41) is 0. The number of benzene rings is 2. The molecule has 7 rings (SSSR count). The number of rotatable bonds is 6. The fourth-order valence-electron chi connectivity index (χ4n) is 7.75. The largest absolute Gasteiger partial charge is 0.457 e. The highest BCUT2D eigenvalue weighted by atomic mass is 32.2. The van der Waals surface area contributed by atoms with Gasteiger partial charge in [0.1, 0.15) is 12.6 Å². The normalized spacial score (nSPS) is 26.1. The van der Waals surface area contributed by atoms with E-state index in [-0.39, 0.29) is 78.3 Å². The molecule has 1 saturated carbocycles. The number of fused-ring (bicyclic) bond motifs is 3. The lowest BCUT2D eigenvalue weighted by molar-refractivity contribution is -0.193. The number of nitrogens with zero attached hydrogens (tertiary/aromatic N) is 2. The Labute approximate surface area is 267 Å². The Hall–Kier alpha value is -4.09. The van der Waals surface area contributed by atoms with Gasteiger partial charge in [-0.3, -0.25) is 14.4 Å². The van der Waals surface area contributed by atoms with Crippen LogP contribution in [0.4, 0.5) is 0 Å². The lowest BCUT2D eigenvalue weighted by Crippen LogP contribution is -2.56. The zero-order chi connectivity index (χ0) is 32.2. The minimum absolute atomic E-state index is 0.0614. The third kappa shape index (κ3) is 4.91. The molecule has 1 saturated heterocycles. The van der Waals surface area contributed by atoms with Crippen LogP contribution in [0.2, 0.25) is 0 Å². The van der Waals surface area contributed by atoms with Gasteiger partial charge in [-0.05, 0) is 60.4 Å². The topological polar surface area (TPSA) is 129 Å². The van der Waals surface area contributed by atoms with Crippen molar-refractivity contribution in [3.63, 3.8) is 0 Å². The maximum atomic E-state index is 14.3. The maximum Gasteiger partial charge on any atom is 0.355 e. The Balaban J connectivity index is 1.25.